The summed E-state index contributed by atoms with van der Waals surface area (Å²) in [5.74, 6) is 1.03. The third-order valence-corrected chi connectivity index (χ3v) is 7.02. The van der Waals surface area contributed by atoms with Crippen LogP contribution in [0.2, 0.25) is 0 Å². The third kappa shape index (κ3) is 3.78. The van der Waals surface area contributed by atoms with Crippen LogP contribution in [0.5, 0.6) is 0 Å². The number of nitrogens with one attached hydrogen (secondary N) is 2. The summed E-state index contributed by atoms with van der Waals surface area (Å²) in [6, 6.07) is 0.175. The lowest BCUT2D eigenvalue weighted by Crippen LogP contribution is -2.59. The van der Waals surface area contributed by atoms with E-state index in [1.54, 1.807) is 6.92 Å². The molecule has 0 amide bonds. The van der Waals surface area contributed by atoms with Crippen LogP contribution in [0.25, 0.3) is 0 Å². The molecule has 122 valence electrons. The molecule has 3 aliphatic rings. The highest BCUT2D eigenvalue weighted by molar-refractivity contribution is 7.89. The minimum Gasteiger partial charge on any atom is -0.316 e. The molecular weight excluding hydrogens is 286 g/mol. The minimum atomic E-state index is -3.04. The molecule has 6 heteroatoms. The smallest absolute Gasteiger partial charge is 0.211 e. The molecule has 2 N–H and O–H groups in total. The lowest BCUT2D eigenvalue weighted by molar-refractivity contribution is -0.0387. The quantitative estimate of drug-likeness (QED) is 0.787. The van der Waals surface area contributed by atoms with E-state index >= 15 is 0 Å². The van der Waals surface area contributed by atoms with Crippen LogP contribution in [0.3, 0.4) is 0 Å². The summed E-state index contributed by atoms with van der Waals surface area (Å²) < 4.78 is 26.1. The zero-order valence-corrected chi connectivity index (χ0v) is 13.9. The Morgan fingerprint density at radius 3 is 2.52 bits per heavy atom. The summed E-state index contributed by atoms with van der Waals surface area (Å²) in [4.78, 5) is 2.61. The van der Waals surface area contributed by atoms with E-state index in [2.05, 4.69) is 14.9 Å². The Morgan fingerprint density at radius 1 is 1.24 bits per heavy atom. The standard InChI is InChI=1S/C15H29N3O2S/c1-2-21(19,20)17-14-3-6-15(7-4-14)11-18(12-15)10-13-5-8-16-9-13/h13-14,16-17H,2-12H2,1H3. The highest BCUT2D eigenvalue weighted by Gasteiger charge is 2.45. The average Bonchev–Trinajstić information content (AvgIpc) is 2.92. The van der Waals surface area contributed by atoms with Gasteiger partial charge >= 0.3 is 0 Å². The Hall–Kier alpha value is -0.170. The molecule has 1 atom stereocenters. The monoisotopic (exact) mass is 315 g/mol. The van der Waals surface area contributed by atoms with Crippen LogP contribution in [0.15, 0.2) is 0 Å². The van der Waals surface area contributed by atoms with Gasteiger partial charge in [-0.3, -0.25) is 0 Å². The topological polar surface area (TPSA) is 61.4 Å². The van der Waals surface area contributed by atoms with E-state index in [9.17, 15) is 8.42 Å². The molecular formula is C15H29N3O2S. The molecule has 3 rings (SSSR count). The Kier molecular flexibility index (Phi) is 4.60. The summed E-state index contributed by atoms with van der Waals surface area (Å²) >= 11 is 0. The van der Waals surface area contributed by atoms with Crippen molar-refractivity contribution in [2.45, 2.75) is 45.1 Å². The van der Waals surface area contributed by atoms with Crippen molar-refractivity contribution in [1.29, 1.82) is 0 Å². The van der Waals surface area contributed by atoms with Gasteiger partial charge in [-0.05, 0) is 63.5 Å². The molecule has 2 saturated heterocycles. The van der Waals surface area contributed by atoms with Crippen molar-refractivity contribution in [3.05, 3.63) is 0 Å². The Balaban J connectivity index is 1.40. The largest absolute Gasteiger partial charge is 0.316 e. The zero-order chi connectivity index (χ0) is 14.9. The Bertz CT molecular complexity index is 444. The second kappa shape index (κ2) is 6.14. The first-order valence-corrected chi connectivity index (χ1v) is 10.1. The van der Waals surface area contributed by atoms with Crippen LogP contribution in [0.1, 0.15) is 39.0 Å². The average molecular weight is 315 g/mol. The van der Waals surface area contributed by atoms with E-state index in [0.29, 0.717) is 5.41 Å². The highest BCUT2D eigenvalue weighted by Crippen LogP contribution is 2.44. The van der Waals surface area contributed by atoms with Gasteiger partial charge in [0, 0.05) is 25.7 Å². The van der Waals surface area contributed by atoms with Gasteiger partial charge in [0.05, 0.1) is 5.75 Å². The van der Waals surface area contributed by atoms with E-state index in [4.69, 9.17) is 0 Å². The lowest BCUT2D eigenvalue weighted by atomic mass is 9.67. The Morgan fingerprint density at radius 2 is 1.95 bits per heavy atom. The van der Waals surface area contributed by atoms with Gasteiger partial charge in [0.15, 0.2) is 0 Å². The maximum absolute atomic E-state index is 11.6. The molecule has 3 fully saturated rings. The van der Waals surface area contributed by atoms with Crippen LogP contribution < -0.4 is 10.0 Å². The summed E-state index contributed by atoms with van der Waals surface area (Å²) in [5.41, 5.74) is 0.500. The zero-order valence-electron chi connectivity index (χ0n) is 13.1. The molecule has 0 aromatic heterocycles. The van der Waals surface area contributed by atoms with Gasteiger partial charge in [0.2, 0.25) is 10.0 Å². The van der Waals surface area contributed by atoms with Crippen molar-refractivity contribution in [3.8, 4) is 0 Å². The van der Waals surface area contributed by atoms with Crippen LogP contribution in [0, 0.1) is 11.3 Å². The fourth-order valence-electron chi connectivity index (χ4n) is 4.27. The van der Waals surface area contributed by atoms with E-state index < -0.39 is 10.0 Å². The molecule has 2 heterocycles. The molecule has 1 aliphatic carbocycles. The molecule has 0 bridgehead atoms. The van der Waals surface area contributed by atoms with Crippen molar-refractivity contribution >= 4 is 10.0 Å². The van der Waals surface area contributed by atoms with Gasteiger partial charge in [-0.2, -0.15) is 0 Å². The van der Waals surface area contributed by atoms with Gasteiger partial charge in [-0.25, -0.2) is 13.1 Å². The maximum Gasteiger partial charge on any atom is 0.211 e. The van der Waals surface area contributed by atoms with Gasteiger partial charge < -0.3 is 10.2 Å². The number of nitrogens with zero attached hydrogens (tertiary/aromatic N) is 1. The molecule has 1 unspecified atom stereocenters. The summed E-state index contributed by atoms with van der Waals surface area (Å²) in [6.07, 6.45) is 5.72. The molecule has 0 aromatic carbocycles. The first-order chi connectivity index (χ1) is 10.0. The summed E-state index contributed by atoms with van der Waals surface area (Å²) in [6.45, 7) is 7.79. The molecule has 2 aliphatic heterocycles. The van der Waals surface area contributed by atoms with Gasteiger partial charge in [-0.1, -0.05) is 0 Å². The first kappa shape index (κ1) is 15.7. The first-order valence-electron chi connectivity index (χ1n) is 8.43. The normalized spacial score (nSPS) is 30.6. The summed E-state index contributed by atoms with van der Waals surface area (Å²) in [5, 5.41) is 3.44. The van der Waals surface area contributed by atoms with Crippen molar-refractivity contribution < 1.29 is 8.42 Å². The van der Waals surface area contributed by atoms with Crippen molar-refractivity contribution in [3.63, 3.8) is 0 Å². The third-order valence-electron chi connectivity index (χ3n) is 5.57. The number of hydrogen-bond donors (Lipinski definition) is 2. The lowest BCUT2D eigenvalue weighted by Gasteiger charge is -2.54. The minimum absolute atomic E-state index is 0.175. The van der Waals surface area contributed by atoms with Gasteiger partial charge in [0.25, 0.3) is 0 Å². The van der Waals surface area contributed by atoms with Crippen LogP contribution >= 0.6 is 0 Å². The molecule has 0 radical (unpaired) electrons. The predicted octanol–water partition coefficient (Wildman–Crippen LogP) is 0.780. The van der Waals surface area contributed by atoms with Crippen molar-refractivity contribution in [1.82, 2.24) is 14.9 Å². The van der Waals surface area contributed by atoms with Crippen molar-refractivity contribution in [2.24, 2.45) is 11.3 Å². The SMILES string of the molecule is CCS(=O)(=O)NC1CCC2(CC1)CN(CC1CCNC1)C2. The van der Waals surface area contributed by atoms with Crippen LogP contribution in [0.4, 0.5) is 0 Å². The van der Waals surface area contributed by atoms with Crippen LogP contribution in [-0.2, 0) is 10.0 Å². The van der Waals surface area contributed by atoms with E-state index in [0.717, 1.165) is 18.8 Å². The molecule has 21 heavy (non-hydrogen) atoms. The molecule has 1 saturated carbocycles. The van der Waals surface area contributed by atoms with E-state index in [1.165, 1.54) is 52.0 Å². The predicted molar refractivity (Wildman–Crippen MR) is 84.7 cm³/mol. The number of hydrogen-bond acceptors (Lipinski definition) is 4. The molecule has 0 aromatic rings. The van der Waals surface area contributed by atoms with E-state index in [-0.39, 0.29) is 11.8 Å². The maximum atomic E-state index is 11.6. The second-order valence-electron chi connectivity index (χ2n) is 7.32. The fraction of sp³-hybridized carbons (Fsp3) is 1.00. The van der Waals surface area contributed by atoms with E-state index in [1.807, 2.05) is 0 Å². The van der Waals surface area contributed by atoms with Gasteiger partial charge in [-0.15, -0.1) is 0 Å². The van der Waals surface area contributed by atoms with Gasteiger partial charge in [0.1, 0.15) is 0 Å². The number of rotatable bonds is 5. The number of sulfonamides is 1. The van der Waals surface area contributed by atoms with Crippen LogP contribution in [-0.4, -0.2) is 57.8 Å². The second-order valence-corrected chi connectivity index (χ2v) is 9.37. The highest BCUT2D eigenvalue weighted by atomic mass is 32.2. The summed E-state index contributed by atoms with van der Waals surface area (Å²) in [7, 11) is -3.04. The fourth-order valence-corrected chi connectivity index (χ4v) is 5.18. The molecule has 1 spiro atoms. The Labute approximate surface area is 128 Å². The molecule has 5 nitrogen and oxygen atoms in total. The van der Waals surface area contributed by atoms with Crippen molar-refractivity contribution in [2.75, 3.05) is 38.5 Å². The number of likely N-dealkylation sites (tertiary alicyclic amines) is 1.